The maximum atomic E-state index is 14.3. The average molecular weight is 545 g/mol. The number of hydrogen-bond donors (Lipinski definition) is 0. The van der Waals surface area contributed by atoms with Gasteiger partial charge in [-0.1, -0.05) is 0 Å². The van der Waals surface area contributed by atoms with E-state index in [9.17, 15) is 18.4 Å². The first kappa shape index (κ1) is 24.5. The third kappa shape index (κ3) is 4.39. The largest absolute Gasteiger partial charge is 0.502 e. The van der Waals surface area contributed by atoms with E-state index in [2.05, 4.69) is 25.7 Å². The van der Waals surface area contributed by atoms with Gasteiger partial charge >= 0.3 is 18.2 Å². The molecule has 0 radical (unpaired) electrons. The number of nitrogens with zero attached hydrogens (tertiary/aromatic N) is 4. The number of hydrogen-bond acceptors (Lipinski definition) is 7. The van der Waals surface area contributed by atoms with Crippen molar-refractivity contribution < 1.29 is 32.6 Å². The molecule has 9 nitrogen and oxygen atoms in total. The van der Waals surface area contributed by atoms with Crippen molar-refractivity contribution >= 4 is 45.0 Å². The summed E-state index contributed by atoms with van der Waals surface area (Å²) in [7, 11) is 1.69. The minimum Gasteiger partial charge on any atom is -0.459 e. The van der Waals surface area contributed by atoms with Crippen molar-refractivity contribution in [1.29, 1.82) is 0 Å². The Morgan fingerprint density at radius 1 is 1.21 bits per heavy atom. The van der Waals surface area contributed by atoms with Gasteiger partial charge in [0.1, 0.15) is 16.6 Å². The molecule has 3 aliphatic heterocycles. The number of amides is 1. The molecule has 0 N–H and O–H groups in total. The number of aryl methyl sites for hydroxylation is 1. The van der Waals surface area contributed by atoms with Crippen LogP contribution in [0.25, 0.3) is 11.0 Å². The van der Waals surface area contributed by atoms with Crippen LogP contribution in [-0.4, -0.2) is 70.0 Å². The minimum absolute atomic E-state index is 0.0271. The molecule has 186 valence electrons. The van der Waals surface area contributed by atoms with Crippen LogP contribution in [0.4, 0.5) is 19.5 Å². The number of aromatic nitrogens is 2. The Labute approximate surface area is 204 Å². The Hall–Kier alpha value is -2.63. The number of halogens is 3. The Morgan fingerprint density at radius 2 is 1.85 bits per heavy atom. The molecule has 1 aromatic carbocycles. The van der Waals surface area contributed by atoms with Crippen molar-refractivity contribution in [3.8, 4) is 5.75 Å². The number of alkyl halides is 2. The molecule has 2 atom stereocenters. The van der Waals surface area contributed by atoms with Crippen molar-refractivity contribution in [2.45, 2.75) is 57.9 Å². The van der Waals surface area contributed by atoms with Crippen LogP contribution in [0.2, 0.25) is 0 Å². The lowest BCUT2D eigenvalue weighted by molar-refractivity contribution is -0.216. The topological polar surface area (TPSA) is 86.1 Å². The number of carbonyl (C=O) groups excluding carboxylic acids is 2. The average Bonchev–Trinajstić information content (AvgIpc) is 3.07. The number of benzene rings is 1. The zero-order chi connectivity index (χ0) is 25.0. The predicted octanol–water partition coefficient (Wildman–Crippen LogP) is 4.07. The highest BCUT2D eigenvalue weighted by atomic mass is 79.9. The van der Waals surface area contributed by atoms with Gasteiger partial charge in [-0.15, -0.1) is 0 Å². The van der Waals surface area contributed by atoms with E-state index < -0.39 is 17.7 Å². The van der Waals surface area contributed by atoms with Crippen molar-refractivity contribution in [1.82, 2.24) is 14.5 Å². The summed E-state index contributed by atoms with van der Waals surface area (Å²) in [5.41, 5.74) is 0.140. The number of piperidine rings is 1. The fraction of sp³-hybridized carbons (Fsp3) is 0.591. The number of esters is 1. The van der Waals surface area contributed by atoms with Crippen LogP contribution in [0, 0.1) is 0 Å². The smallest absolute Gasteiger partial charge is 0.459 e. The van der Waals surface area contributed by atoms with Crippen LogP contribution >= 0.6 is 15.9 Å². The molecular weight excluding hydrogens is 518 g/mol. The molecule has 2 bridgehead atoms. The van der Waals surface area contributed by atoms with Crippen LogP contribution in [0.3, 0.4) is 0 Å². The minimum atomic E-state index is -4.15. The van der Waals surface area contributed by atoms with Gasteiger partial charge in [0, 0.05) is 24.6 Å². The maximum absolute atomic E-state index is 14.3. The Balaban J connectivity index is 1.59. The maximum Gasteiger partial charge on any atom is 0.502 e. The molecule has 34 heavy (non-hydrogen) atoms. The number of ether oxygens (including phenoxy) is 3. The zero-order valence-corrected chi connectivity index (χ0v) is 21.2. The van der Waals surface area contributed by atoms with Crippen molar-refractivity contribution in [2.75, 3.05) is 24.6 Å². The second-order valence-corrected chi connectivity index (χ2v) is 10.2. The summed E-state index contributed by atoms with van der Waals surface area (Å²) >= 11 is 3.41. The van der Waals surface area contributed by atoms with E-state index in [4.69, 9.17) is 9.47 Å². The second kappa shape index (κ2) is 8.54. The lowest BCUT2D eigenvalue weighted by Gasteiger charge is -2.55. The summed E-state index contributed by atoms with van der Waals surface area (Å²) in [5.74, 6) is -1.41. The van der Waals surface area contributed by atoms with Gasteiger partial charge in [-0.2, -0.15) is 8.78 Å². The molecule has 12 heteroatoms. The highest BCUT2D eigenvalue weighted by Crippen LogP contribution is 2.40. The van der Waals surface area contributed by atoms with Gasteiger partial charge in [0.05, 0.1) is 18.7 Å². The molecule has 3 fully saturated rings. The first-order valence-electron chi connectivity index (χ1n) is 11.0. The van der Waals surface area contributed by atoms with Gasteiger partial charge in [0.2, 0.25) is 5.95 Å². The van der Waals surface area contributed by atoms with Crippen molar-refractivity contribution in [2.24, 2.45) is 7.05 Å². The molecular formula is C22H27BrF2N4O5. The van der Waals surface area contributed by atoms with Crippen molar-refractivity contribution in [3.63, 3.8) is 0 Å². The Kier molecular flexibility index (Phi) is 6.16. The summed E-state index contributed by atoms with van der Waals surface area (Å²) in [6.07, 6.45) is -3.62. The van der Waals surface area contributed by atoms with E-state index in [0.29, 0.717) is 34.5 Å². The molecule has 1 amide bonds. The van der Waals surface area contributed by atoms with Crippen LogP contribution < -0.4 is 9.64 Å². The Morgan fingerprint density at radius 3 is 2.44 bits per heavy atom. The van der Waals surface area contributed by atoms with Gasteiger partial charge in [-0.3, -0.25) is 4.90 Å². The Bertz CT molecular complexity index is 1120. The number of anilines is 1. The third-order valence-electron chi connectivity index (χ3n) is 5.74. The number of carbonyl (C=O) groups is 2. The fourth-order valence-electron chi connectivity index (χ4n) is 4.39. The van der Waals surface area contributed by atoms with E-state index in [1.165, 1.54) is 19.1 Å². The molecule has 3 saturated heterocycles. The predicted molar refractivity (Wildman–Crippen MR) is 123 cm³/mol. The van der Waals surface area contributed by atoms with E-state index in [-0.39, 0.29) is 30.5 Å². The molecule has 0 aliphatic carbocycles. The van der Waals surface area contributed by atoms with Gasteiger partial charge in [-0.25, -0.2) is 14.6 Å². The molecule has 1 aromatic heterocycles. The molecule has 0 saturated carbocycles. The molecule has 3 aliphatic rings. The third-order valence-corrected chi connectivity index (χ3v) is 6.38. The number of rotatable bonds is 5. The number of piperazine rings is 1. The molecule has 4 heterocycles. The number of fused-ring (bicyclic) bond motifs is 3. The van der Waals surface area contributed by atoms with Gasteiger partial charge in [0.25, 0.3) is 0 Å². The second-order valence-electron chi connectivity index (χ2n) is 9.39. The van der Waals surface area contributed by atoms with Crippen LogP contribution in [0.5, 0.6) is 5.75 Å². The van der Waals surface area contributed by atoms with E-state index in [1.807, 2.05) is 25.7 Å². The SMILES string of the molecule is CCOC(=O)C(F)(F)Oc1ccc(Br)c2nc(N3CC4CC(C3)N4C(=O)OC(C)(C)C)n(C)c12. The van der Waals surface area contributed by atoms with Gasteiger partial charge < -0.3 is 23.7 Å². The molecule has 0 spiro atoms. The van der Waals surface area contributed by atoms with Gasteiger partial charge in [-0.05, 0) is 62.2 Å². The molecule has 5 rings (SSSR count). The summed E-state index contributed by atoms with van der Waals surface area (Å²) in [5, 5.41) is 0. The highest BCUT2D eigenvalue weighted by Gasteiger charge is 2.50. The van der Waals surface area contributed by atoms with E-state index in [1.54, 1.807) is 16.5 Å². The normalized spacial score (nSPS) is 20.2. The molecule has 2 unspecified atom stereocenters. The fourth-order valence-corrected chi connectivity index (χ4v) is 4.80. The first-order chi connectivity index (χ1) is 15.8. The van der Waals surface area contributed by atoms with E-state index in [0.717, 1.165) is 6.42 Å². The van der Waals surface area contributed by atoms with Crippen molar-refractivity contribution in [3.05, 3.63) is 16.6 Å². The monoisotopic (exact) mass is 544 g/mol. The summed E-state index contributed by atoms with van der Waals surface area (Å²) in [4.78, 5) is 32.6. The summed E-state index contributed by atoms with van der Waals surface area (Å²) < 4.78 is 45.6. The lowest BCUT2D eigenvalue weighted by atomic mass is 9.88. The van der Waals surface area contributed by atoms with E-state index >= 15 is 0 Å². The summed E-state index contributed by atoms with van der Waals surface area (Å²) in [6, 6.07) is 2.83. The molecule has 2 aromatic rings. The standard InChI is InChI=1S/C22H27BrF2N4O5/c1-6-32-18(30)22(24,25)33-15-8-7-14(23)16-17(15)27(5)19(26-16)28-10-12-9-13(11-28)29(12)20(31)34-21(2,3)4/h7-8,12-13H,6,9-11H2,1-5H3. The van der Waals surface area contributed by atoms with Crippen LogP contribution in [-0.2, 0) is 21.3 Å². The van der Waals surface area contributed by atoms with Gasteiger partial charge in [0.15, 0.2) is 5.75 Å². The first-order valence-corrected chi connectivity index (χ1v) is 11.8. The van der Waals surface area contributed by atoms with Crippen LogP contribution in [0.15, 0.2) is 16.6 Å². The number of imidazole rings is 1. The quantitative estimate of drug-likeness (QED) is 0.524. The lowest BCUT2D eigenvalue weighted by Crippen LogP contribution is -2.71. The van der Waals surface area contributed by atoms with Crippen LogP contribution in [0.1, 0.15) is 34.1 Å². The summed E-state index contributed by atoms with van der Waals surface area (Å²) in [6.45, 7) is 7.78. The highest BCUT2D eigenvalue weighted by molar-refractivity contribution is 9.10. The zero-order valence-electron chi connectivity index (χ0n) is 19.6.